The van der Waals surface area contributed by atoms with E-state index in [4.69, 9.17) is 0 Å². The van der Waals surface area contributed by atoms with E-state index in [2.05, 4.69) is 5.32 Å². The second kappa shape index (κ2) is 7.44. The van der Waals surface area contributed by atoms with E-state index in [0.717, 1.165) is 12.1 Å². The highest BCUT2D eigenvalue weighted by atomic mass is 19.2. The van der Waals surface area contributed by atoms with Gasteiger partial charge in [0, 0.05) is 12.1 Å². The standard InChI is InChI=1S/C17H16F4N2O/c1-23(2)16(11-5-3-4-6-12(11)18)17(24)22-9-10-7-13(19)15(21)14(20)8-10/h3-8,16H,9H2,1-2H3,(H,22,24)/t16-/m1/s1. The van der Waals surface area contributed by atoms with Crippen molar-refractivity contribution in [1.82, 2.24) is 10.2 Å². The fraction of sp³-hybridized carbons (Fsp3) is 0.235. The quantitative estimate of drug-likeness (QED) is 0.670. The molecule has 2 aromatic rings. The van der Waals surface area contributed by atoms with Gasteiger partial charge in [-0.05, 0) is 37.9 Å². The molecule has 0 aromatic heterocycles. The smallest absolute Gasteiger partial charge is 0.242 e. The van der Waals surface area contributed by atoms with Crippen LogP contribution in [0.4, 0.5) is 17.6 Å². The topological polar surface area (TPSA) is 32.3 Å². The molecule has 0 aliphatic carbocycles. The number of nitrogens with one attached hydrogen (secondary N) is 1. The Labute approximate surface area is 136 Å². The van der Waals surface area contributed by atoms with Crippen molar-refractivity contribution in [1.29, 1.82) is 0 Å². The molecule has 0 aliphatic rings. The minimum absolute atomic E-state index is 0.0609. The summed E-state index contributed by atoms with van der Waals surface area (Å²) in [5, 5.41) is 2.48. The molecule has 2 rings (SSSR count). The van der Waals surface area contributed by atoms with Gasteiger partial charge in [-0.15, -0.1) is 0 Å². The Morgan fingerprint density at radius 2 is 1.62 bits per heavy atom. The van der Waals surface area contributed by atoms with Gasteiger partial charge in [0.05, 0.1) is 0 Å². The third kappa shape index (κ3) is 3.91. The van der Waals surface area contributed by atoms with Crippen LogP contribution in [0.15, 0.2) is 36.4 Å². The molecule has 0 spiro atoms. The first-order valence-electron chi connectivity index (χ1n) is 7.13. The van der Waals surface area contributed by atoms with Crippen molar-refractivity contribution in [2.45, 2.75) is 12.6 Å². The van der Waals surface area contributed by atoms with Crippen LogP contribution in [0.25, 0.3) is 0 Å². The zero-order valence-electron chi connectivity index (χ0n) is 13.1. The number of likely N-dealkylation sites (N-methyl/N-ethyl adjacent to an activating group) is 1. The molecule has 1 atom stereocenters. The number of halogens is 4. The zero-order valence-corrected chi connectivity index (χ0v) is 13.1. The summed E-state index contributed by atoms with van der Waals surface area (Å²) in [6, 6.07) is 6.52. The molecule has 0 saturated heterocycles. The molecule has 0 radical (unpaired) electrons. The number of nitrogens with zero attached hydrogens (tertiary/aromatic N) is 1. The minimum atomic E-state index is -1.57. The van der Waals surface area contributed by atoms with Crippen LogP contribution in [0.1, 0.15) is 17.2 Å². The molecule has 0 aliphatic heterocycles. The lowest BCUT2D eigenvalue weighted by molar-refractivity contribution is -0.126. The Kier molecular flexibility index (Phi) is 5.56. The molecule has 0 fully saturated rings. The molecule has 1 N–H and O–H groups in total. The van der Waals surface area contributed by atoms with Crippen molar-refractivity contribution in [3.05, 3.63) is 70.8 Å². The highest BCUT2D eigenvalue weighted by molar-refractivity contribution is 5.83. The number of benzene rings is 2. The minimum Gasteiger partial charge on any atom is -0.350 e. The van der Waals surface area contributed by atoms with E-state index in [9.17, 15) is 22.4 Å². The summed E-state index contributed by atoms with van der Waals surface area (Å²) in [6.45, 7) is -0.217. The molecular weight excluding hydrogens is 324 g/mol. The van der Waals surface area contributed by atoms with Gasteiger partial charge in [-0.25, -0.2) is 17.6 Å². The normalized spacial score (nSPS) is 12.3. The van der Waals surface area contributed by atoms with Crippen molar-refractivity contribution < 1.29 is 22.4 Å². The van der Waals surface area contributed by atoms with Crippen LogP contribution < -0.4 is 5.32 Å². The number of carbonyl (C=O) groups is 1. The first-order chi connectivity index (χ1) is 11.3. The molecule has 0 saturated carbocycles. The van der Waals surface area contributed by atoms with E-state index < -0.39 is 35.2 Å². The molecular formula is C17H16F4N2O. The SMILES string of the molecule is CN(C)[C@@H](C(=O)NCc1cc(F)c(F)c(F)c1)c1ccccc1F. The number of rotatable bonds is 5. The molecule has 0 bridgehead atoms. The van der Waals surface area contributed by atoms with Gasteiger partial charge >= 0.3 is 0 Å². The van der Waals surface area contributed by atoms with E-state index >= 15 is 0 Å². The summed E-state index contributed by atoms with van der Waals surface area (Å²) in [7, 11) is 3.21. The van der Waals surface area contributed by atoms with Crippen LogP contribution in [0.3, 0.4) is 0 Å². The fourth-order valence-corrected chi connectivity index (χ4v) is 2.35. The van der Waals surface area contributed by atoms with Gasteiger partial charge in [0.15, 0.2) is 17.5 Å². The van der Waals surface area contributed by atoms with Crippen LogP contribution in [0.2, 0.25) is 0 Å². The van der Waals surface area contributed by atoms with Gasteiger partial charge in [-0.1, -0.05) is 18.2 Å². The van der Waals surface area contributed by atoms with E-state index in [1.54, 1.807) is 20.2 Å². The molecule has 3 nitrogen and oxygen atoms in total. The Balaban J connectivity index is 2.16. The predicted molar refractivity (Wildman–Crippen MR) is 81.0 cm³/mol. The molecule has 24 heavy (non-hydrogen) atoms. The lowest BCUT2D eigenvalue weighted by Crippen LogP contribution is -2.37. The maximum absolute atomic E-state index is 13.9. The van der Waals surface area contributed by atoms with Crippen LogP contribution in [-0.4, -0.2) is 24.9 Å². The summed E-state index contributed by atoms with van der Waals surface area (Å²) in [5.74, 6) is -5.32. The van der Waals surface area contributed by atoms with Gasteiger partial charge < -0.3 is 5.32 Å². The summed E-state index contributed by atoms with van der Waals surface area (Å²) in [6.07, 6.45) is 0. The number of hydrogen-bond acceptors (Lipinski definition) is 2. The molecule has 0 heterocycles. The summed E-state index contributed by atoms with van der Waals surface area (Å²) >= 11 is 0. The fourth-order valence-electron chi connectivity index (χ4n) is 2.35. The first-order valence-corrected chi connectivity index (χ1v) is 7.13. The Morgan fingerprint density at radius 1 is 1.04 bits per heavy atom. The Hall–Kier alpha value is -2.41. The lowest BCUT2D eigenvalue weighted by atomic mass is 10.0. The van der Waals surface area contributed by atoms with Crippen LogP contribution in [0, 0.1) is 23.3 Å². The summed E-state index contributed by atoms with van der Waals surface area (Å²) in [5.41, 5.74) is 0.238. The largest absolute Gasteiger partial charge is 0.350 e. The zero-order chi connectivity index (χ0) is 17.9. The van der Waals surface area contributed by atoms with Crippen LogP contribution in [-0.2, 0) is 11.3 Å². The van der Waals surface area contributed by atoms with Crippen molar-refractivity contribution >= 4 is 5.91 Å². The van der Waals surface area contributed by atoms with Gasteiger partial charge in [0.1, 0.15) is 11.9 Å². The Morgan fingerprint density at radius 3 is 2.17 bits per heavy atom. The number of carbonyl (C=O) groups excluding carboxylic acids is 1. The van der Waals surface area contributed by atoms with Crippen LogP contribution >= 0.6 is 0 Å². The molecule has 0 unspecified atom stereocenters. The first kappa shape index (κ1) is 17.9. The van der Waals surface area contributed by atoms with Crippen molar-refractivity contribution in [2.24, 2.45) is 0 Å². The number of hydrogen-bond donors (Lipinski definition) is 1. The molecule has 2 aromatic carbocycles. The predicted octanol–water partition coefficient (Wildman–Crippen LogP) is 3.16. The monoisotopic (exact) mass is 340 g/mol. The molecule has 1 amide bonds. The van der Waals surface area contributed by atoms with E-state index in [1.807, 2.05) is 0 Å². The summed E-state index contributed by atoms with van der Waals surface area (Å²) < 4.78 is 53.2. The highest BCUT2D eigenvalue weighted by Crippen LogP contribution is 2.22. The third-order valence-corrected chi connectivity index (χ3v) is 3.47. The summed E-state index contributed by atoms with van der Waals surface area (Å²) in [4.78, 5) is 13.9. The van der Waals surface area contributed by atoms with Crippen molar-refractivity contribution in [3.8, 4) is 0 Å². The highest BCUT2D eigenvalue weighted by Gasteiger charge is 2.25. The van der Waals surface area contributed by atoms with Gasteiger partial charge in [0.25, 0.3) is 0 Å². The maximum Gasteiger partial charge on any atom is 0.242 e. The van der Waals surface area contributed by atoms with Gasteiger partial charge in [-0.2, -0.15) is 0 Å². The average Bonchev–Trinajstić information content (AvgIpc) is 2.52. The maximum atomic E-state index is 13.9. The van der Waals surface area contributed by atoms with E-state index in [-0.39, 0.29) is 17.7 Å². The van der Waals surface area contributed by atoms with Crippen molar-refractivity contribution in [3.63, 3.8) is 0 Å². The van der Waals surface area contributed by atoms with E-state index in [1.165, 1.54) is 23.1 Å². The van der Waals surface area contributed by atoms with Gasteiger partial charge in [0.2, 0.25) is 5.91 Å². The lowest BCUT2D eigenvalue weighted by Gasteiger charge is -2.24. The van der Waals surface area contributed by atoms with Gasteiger partial charge in [-0.3, -0.25) is 9.69 Å². The second-order valence-corrected chi connectivity index (χ2v) is 5.48. The van der Waals surface area contributed by atoms with Crippen molar-refractivity contribution in [2.75, 3.05) is 14.1 Å². The van der Waals surface area contributed by atoms with Crippen LogP contribution in [0.5, 0.6) is 0 Å². The molecule has 128 valence electrons. The van der Waals surface area contributed by atoms with E-state index in [0.29, 0.717) is 0 Å². The third-order valence-electron chi connectivity index (χ3n) is 3.47. The molecule has 7 heteroatoms. The second-order valence-electron chi connectivity index (χ2n) is 5.48. The Bertz CT molecular complexity index is 726. The number of amides is 1. The average molecular weight is 340 g/mol.